The summed E-state index contributed by atoms with van der Waals surface area (Å²) in [4.78, 5) is 0. The molecule has 0 amide bonds. The van der Waals surface area contributed by atoms with Gasteiger partial charge in [0, 0.05) is 0 Å². The number of halogens is 1. The molecule has 0 aromatic rings. The van der Waals surface area contributed by atoms with Gasteiger partial charge in [-0.15, -0.1) is 0 Å². The van der Waals surface area contributed by atoms with Crippen molar-refractivity contribution in [2.24, 2.45) is 0 Å². The Labute approximate surface area is 53.0 Å². The monoisotopic (exact) mass is 209 g/mol. The molecule has 0 saturated heterocycles. The van der Waals surface area contributed by atoms with Gasteiger partial charge < -0.3 is 0 Å². The topological polar surface area (TPSA) is 20.2 Å². The van der Waals surface area contributed by atoms with Crippen molar-refractivity contribution in [3.05, 3.63) is 22.0 Å². The van der Waals surface area contributed by atoms with Crippen LogP contribution in [0.2, 0.25) is 0 Å². The molecule has 1 rings (SSSR count). The number of aliphatic hydroxyl groups excluding tert-OH is 1. The van der Waals surface area contributed by atoms with Crippen LogP contribution >= 0.6 is 0 Å². The number of allylic oxidation sites excluding steroid dienone is 3. The van der Waals surface area contributed by atoms with Gasteiger partial charge in [-0.05, 0) is 0 Å². The Morgan fingerprint density at radius 2 is 2.57 bits per heavy atom. The second-order valence-corrected chi connectivity index (χ2v) is 3.63. The van der Waals surface area contributed by atoms with E-state index in [9.17, 15) is 0 Å². The van der Waals surface area contributed by atoms with Gasteiger partial charge in [-0.3, -0.25) is 0 Å². The van der Waals surface area contributed by atoms with Crippen LogP contribution in [0.1, 0.15) is 0 Å². The normalized spacial score (nSPS) is 20.3. The van der Waals surface area contributed by atoms with Crippen molar-refractivity contribution in [2.45, 2.75) is 0 Å². The third-order valence-electron chi connectivity index (χ3n) is 0.665. The zero-order chi connectivity index (χ0) is 5.11. The molecule has 0 saturated carbocycles. The summed E-state index contributed by atoms with van der Waals surface area (Å²) in [7, 11) is 0. The Bertz CT molecular complexity index is 115. The molecular weight excluding hydrogens is 203 g/mol. The Balaban J connectivity index is 2.57. The van der Waals surface area contributed by atoms with Gasteiger partial charge in [-0.1, -0.05) is 0 Å². The third-order valence-corrected chi connectivity index (χ3v) is 2.81. The van der Waals surface area contributed by atoms with E-state index in [1.807, 2.05) is 6.08 Å². The van der Waals surface area contributed by atoms with Crippen molar-refractivity contribution >= 4 is 0 Å². The van der Waals surface area contributed by atoms with Gasteiger partial charge >= 0.3 is 52.7 Å². The van der Waals surface area contributed by atoms with Crippen molar-refractivity contribution in [3.8, 4) is 0 Å². The van der Waals surface area contributed by atoms with Crippen molar-refractivity contribution in [1.82, 2.24) is 0 Å². The van der Waals surface area contributed by atoms with Crippen LogP contribution in [-0.4, -0.2) is 9.53 Å². The number of hydrogen-bond donors (Lipinski definition) is 1. The molecule has 0 unspecified atom stereocenters. The van der Waals surface area contributed by atoms with E-state index in [4.69, 9.17) is 5.11 Å². The maximum atomic E-state index is 8.75. The minimum absolute atomic E-state index is 0.176. The number of rotatable bonds is 0. The van der Waals surface area contributed by atoms with E-state index < -0.39 is 0 Å². The molecule has 0 bridgehead atoms. The van der Waals surface area contributed by atoms with Crippen LogP contribution in [0, 0.1) is 0 Å². The standard InChI is InChI=1S/C5H6IO/c7-5-2-1-3-6-4-5/h1-3,7H,4H2/q-1. The van der Waals surface area contributed by atoms with Gasteiger partial charge in [-0.2, -0.15) is 0 Å². The predicted molar refractivity (Wildman–Crippen MR) is 24.7 cm³/mol. The van der Waals surface area contributed by atoms with Crippen molar-refractivity contribution in [3.63, 3.8) is 0 Å². The van der Waals surface area contributed by atoms with E-state index in [1.54, 1.807) is 6.08 Å². The van der Waals surface area contributed by atoms with Crippen LogP contribution in [0.15, 0.2) is 22.0 Å². The quantitative estimate of drug-likeness (QED) is 0.363. The van der Waals surface area contributed by atoms with Gasteiger partial charge in [0.15, 0.2) is 0 Å². The molecule has 1 aliphatic heterocycles. The molecule has 1 N–H and O–H groups in total. The first-order valence-corrected chi connectivity index (χ1v) is 4.79. The molecule has 0 aromatic heterocycles. The Hall–Kier alpha value is 0.01000. The second kappa shape index (κ2) is 2.35. The summed E-state index contributed by atoms with van der Waals surface area (Å²) in [6, 6.07) is 0. The van der Waals surface area contributed by atoms with Crippen LogP contribution in [0.3, 0.4) is 0 Å². The van der Waals surface area contributed by atoms with Gasteiger partial charge in [0.05, 0.1) is 0 Å². The molecule has 1 aliphatic rings. The van der Waals surface area contributed by atoms with E-state index >= 15 is 0 Å². The predicted octanol–water partition coefficient (Wildman–Crippen LogP) is -1.96. The van der Waals surface area contributed by atoms with Gasteiger partial charge in [0.25, 0.3) is 0 Å². The molecule has 40 valence electrons. The van der Waals surface area contributed by atoms with Crippen molar-refractivity contribution < 1.29 is 26.3 Å². The van der Waals surface area contributed by atoms with Crippen LogP contribution in [0.4, 0.5) is 0 Å². The third kappa shape index (κ3) is 1.51. The summed E-state index contributed by atoms with van der Waals surface area (Å²) in [5.74, 6) is 0.551. The molecule has 0 atom stereocenters. The first-order valence-electron chi connectivity index (χ1n) is 2.02. The van der Waals surface area contributed by atoms with Crippen LogP contribution < -0.4 is 21.2 Å². The average Bonchev–Trinajstić information content (AvgIpc) is 1.69. The molecule has 0 spiro atoms. The zero-order valence-corrected chi connectivity index (χ0v) is 5.92. The van der Waals surface area contributed by atoms with Crippen LogP contribution in [0.25, 0.3) is 0 Å². The van der Waals surface area contributed by atoms with Crippen LogP contribution in [0.5, 0.6) is 0 Å². The van der Waals surface area contributed by atoms with Gasteiger partial charge in [0.1, 0.15) is 0 Å². The summed E-state index contributed by atoms with van der Waals surface area (Å²) in [6.07, 6.45) is 3.68. The SMILES string of the molecule is OC1=CC=C[I-]C1. The van der Waals surface area contributed by atoms with E-state index in [2.05, 4.69) is 4.08 Å². The first-order chi connectivity index (χ1) is 3.39. The van der Waals surface area contributed by atoms with Gasteiger partial charge in [0.2, 0.25) is 0 Å². The fraction of sp³-hybridized carbons (Fsp3) is 0.200. The molecule has 0 aromatic carbocycles. The first kappa shape index (κ1) is 5.15. The summed E-state index contributed by atoms with van der Waals surface area (Å²) in [6.45, 7) is 0. The Kier molecular flexibility index (Phi) is 1.73. The zero-order valence-electron chi connectivity index (χ0n) is 3.76. The van der Waals surface area contributed by atoms with E-state index in [-0.39, 0.29) is 21.2 Å². The van der Waals surface area contributed by atoms with Gasteiger partial charge in [-0.25, -0.2) is 0 Å². The molecule has 0 aliphatic carbocycles. The molecule has 0 fully saturated rings. The number of alkyl halides is 1. The van der Waals surface area contributed by atoms with Crippen molar-refractivity contribution in [1.29, 1.82) is 0 Å². The van der Waals surface area contributed by atoms with Crippen LogP contribution in [-0.2, 0) is 0 Å². The maximum absolute atomic E-state index is 8.75. The molecule has 1 heterocycles. The van der Waals surface area contributed by atoms with Crippen molar-refractivity contribution in [2.75, 3.05) is 4.43 Å². The van der Waals surface area contributed by atoms with E-state index in [0.717, 1.165) is 4.43 Å². The van der Waals surface area contributed by atoms with E-state index in [1.165, 1.54) is 0 Å². The molecule has 0 radical (unpaired) electrons. The summed E-state index contributed by atoms with van der Waals surface area (Å²) >= 11 is 0.176. The number of aliphatic hydroxyl groups is 1. The Morgan fingerprint density at radius 1 is 1.71 bits per heavy atom. The average molecular weight is 209 g/mol. The second-order valence-electron chi connectivity index (χ2n) is 1.26. The summed E-state index contributed by atoms with van der Waals surface area (Å²) < 4.78 is 3.08. The molecule has 1 nitrogen and oxygen atoms in total. The summed E-state index contributed by atoms with van der Waals surface area (Å²) in [5, 5.41) is 8.75. The minimum atomic E-state index is 0.176. The van der Waals surface area contributed by atoms with E-state index in [0.29, 0.717) is 5.76 Å². The Morgan fingerprint density at radius 3 is 2.86 bits per heavy atom. The molecule has 7 heavy (non-hydrogen) atoms. The summed E-state index contributed by atoms with van der Waals surface area (Å²) in [5.41, 5.74) is 0. The molecule has 2 heteroatoms. The fourth-order valence-corrected chi connectivity index (χ4v) is 1.83. The fourth-order valence-electron chi connectivity index (χ4n) is 0.367. The number of hydrogen-bond acceptors (Lipinski definition) is 1. The molecular formula is C5H6IO-.